The van der Waals surface area contributed by atoms with Gasteiger partial charge in [-0.05, 0) is 17.5 Å². The van der Waals surface area contributed by atoms with Crippen molar-refractivity contribution in [1.82, 2.24) is 20.4 Å². The molecule has 0 saturated carbocycles. The van der Waals surface area contributed by atoms with Crippen LogP contribution in [0.15, 0.2) is 36.4 Å². The van der Waals surface area contributed by atoms with Crippen LogP contribution in [0.2, 0.25) is 0 Å². The van der Waals surface area contributed by atoms with Crippen molar-refractivity contribution in [2.24, 2.45) is 11.8 Å². The van der Waals surface area contributed by atoms with E-state index in [0.717, 1.165) is 24.7 Å². The number of hydrogen-bond donors (Lipinski definition) is 2. The molecule has 2 fully saturated rings. The summed E-state index contributed by atoms with van der Waals surface area (Å²) < 4.78 is 25.5. The number of halogens is 2. The first-order valence-electron chi connectivity index (χ1n) is 8.05. The Bertz CT molecular complexity index is 733. The highest BCUT2D eigenvalue weighted by atomic mass is 19.3. The molecule has 5 nitrogen and oxygen atoms in total. The summed E-state index contributed by atoms with van der Waals surface area (Å²) in [5, 5.41) is 9.43. The van der Waals surface area contributed by atoms with E-state index in [1.807, 2.05) is 30.3 Å². The summed E-state index contributed by atoms with van der Waals surface area (Å²) in [5.74, 6) is 0.430. The minimum Gasteiger partial charge on any atom is -0.330 e. The number of fused-ring (bicyclic) bond motifs is 1. The number of aromatic nitrogens is 2. The summed E-state index contributed by atoms with van der Waals surface area (Å²) in [6.45, 7) is 2.35. The van der Waals surface area contributed by atoms with Gasteiger partial charge in [0.05, 0.1) is 6.04 Å². The Morgan fingerprint density at radius 2 is 2.04 bits per heavy atom. The van der Waals surface area contributed by atoms with Gasteiger partial charge < -0.3 is 10.2 Å². The van der Waals surface area contributed by atoms with Crippen LogP contribution in [0.4, 0.5) is 8.78 Å². The number of amides is 1. The normalized spacial score (nSPS) is 26.1. The Kier molecular flexibility index (Phi) is 3.80. The summed E-state index contributed by atoms with van der Waals surface area (Å²) in [7, 11) is 0. The molecule has 7 heteroatoms. The van der Waals surface area contributed by atoms with Crippen LogP contribution in [0, 0.1) is 11.8 Å². The van der Waals surface area contributed by atoms with Gasteiger partial charge in [-0.1, -0.05) is 30.3 Å². The van der Waals surface area contributed by atoms with Crippen molar-refractivity contribution in [1.29, 1.82) is 0 Å². The third-order valence-electron chi connectivity index (χ3n) is 5.02. The predicted molar refractivity (Wildman–Crippen MR) is 83.6 cm³/mol. The molecule has 0 bridgehead atoms. The van der Waals surface area contributed by atoms with E-state index in [2.05, 4.69) is 15.5 Å². The van der Waals surface area contributed by atoms with Gasteiger partial charge in [0.25, 0.3) is 12.3 Å². The van der Waals surface area contributed by atoms with Crippen LogP contribution >= 0.6 is 0 Å². The average molecular weight is 332 g/mol. The summed E-state index contributed by atoms with van der Waals surface area (Å²) in [5.41, 5.74) is 0.807. The van der Waals surface area contributed by atoms with Crippen molar-refractivity contribution in [3.05, 3.63) is 53.3 Å². The maximum atomic E-state index is 12.9. The zero-order valence-electron chi connectivity index (χ0n) is 13.0. The standard InChI is InChI=1S/C17H18F2N4O/c18-16(19)13-6-14(22-21-13)17(24)23-9-11-7-20-8-12(11)15(23)10-4-2-1-3-5-10/h1-6,11-12,15-16,20H,7-9H2,(H,21,22)/t11-,12-,15-/m0/s1. The SMILES string of the molecule is O=C(c1cc(C(F)F)[nH]n1)N1C[C@@H]2CNC[C@@H]2[C@@H]1c1ccccc1. The summed E-state index contributed by atoms with van der Waals surface area (Å²) in [4.78, 5) is 14.7. The van der Waals surface area contributed by atoms with Gasteiger partial charge in [0.15, 0.2) is 5.69 Å². The summed E-state index contributed by atoms with van der Waals surface area (Å²) in [6, 6.07) is 11.0. The third-order valence-corrected chi connectivity index (χ3v) is 5.02. The summed E-state index contributed by atoms with van der Waals surface area (Å²) >= 11 is 0. The molecule has 1 aromatic heterocycles. The second kappa shape index (κ2) is 5.98. The molecule has 2 aliphatic rings. The number of likely N-dealkylation sites (tertiary alicyclic amines) is 1. The van der Waals surface area contributed by atoms with Gasteiger partial charge in [0.1, 0.15) is 5.69 Å². The molecule has 0 spiro atoms. The molecule has 2 aliphatic heterocycles. The molecular weight excluding hydrogens is 314 g/mol. The number of benzene rings is 1. The first-order chi connectivity index (χ1) is 11.6. The molecule has 0 radical (unpaired) electrons. The van der Waals surface area contributed by atoms with Gasteiger partial charge in [0.2, 0.25) is 0 Å². The van der Waals surface area contributed by atoms with Crippen LogP contribution in [-0.4, -0.2) is 40.6 Å². The number of nitrogens with one attached hydrogen (secondary N) is 2. The number of aromatic amines is 1. The van der Waals surface area contributed by atoms with Gasteiger partial charge in [-0.25, -0.2) is 8.78 Å². The minimum atomic E-state index is -2.66. The van der Waals surface area contributed by atoms with E-state index in [0.29, 0.717) is 18.4 Å². The van der Waals surface area contributed by atoms with Crippen LogP contribution in [0.25, 0.3) is 0 Å². The molecule has 3 heterocycles. The maximum absolute atomic E-state index is 12.9. The van der Waals surface area contributed by atoms with E-state index < -0.39 is 6.43 Å². The van der Waals surface area contributed by atoms with Gasteiger partial charge in [-0.2, -0.15) is 5.10 Å². The number of alkyl halides is 2. The van der Waals surface area contributed by atoms with Crippen LogP contribution < -0.4 is 5.32 Å². The first-order valence-corrected chi connectivity index (χ1v) is 8.05. The number of rotatable bonds is 3. The quantitative estimate of drug-likeness (QED) is 0.907. The third kappa shape index (κ3) is 2.49. The topological polar surface area (TPSA) is 61.0 Å². The number of carbonyl (C=O) groups is 1. The minimum absolute atomic E-state index is 0.0506. The fourth-order valence-electron chi connectivity index (χ4n) is 3.91. The fraction of sp³-hybridized carbons (Fsp3) is 0.412. The van der Waals surface area contributed by atoms with Crippen molar-refractivity contribution in [3.8, 4) is 0 Å². The Morgan fingerprint density at radius 1 is 1.25 bits per heavy atom. The van der Waals surface area contributed by atoms with Gasteiger partial charge >= 0.3 is 0 Å². The van der Waals surface area contributed by atoms with Gasteiger partial charge in [-0.15, -0.1) is 0 Å². The van der Waals surface area contributed by atoms with Crippen LogP contribution in [-0.2, 0) is 0 Å². The maximum Gasteiger partial charge on any atom is 0.279 e. The van der Waals surface area contributed by atoms with Crippen molar-refractivity contribution in [3.63, 3.8) is 0 Å². The molecule has 4 rings (SSSR count). The number of H-pyrrole nitrogens is 1. The monoisotopic (exact) mass is 332 g/mol. The number of carbonyl (C=O) groups excluding carboxylic acids is 1. The molecule has 2 N–H and O–H groups in total. The average Bonchev–Trinajstić information content (AvgIpc) is 3.30. The Hall–Kier alpha value is -2.28. The van der Waals surface area contributed by atoms with Crippen LogP contribution in [0.1, 0.15) is 34.2 Å². The summed E-state index contributed by atoms with van der Waals surface area (Å²) in [6.07, 6.45) is -2.66. The fourth-order valence-corrected chi connectivity index (χ4v) is 3.91. The lowest BCUT2D eigenvalue weighted by Crippen LogP contribution is -2.34. The van der Waals surface area contributed by atoms with Crippen molar-refractivity contribution >= 4 is 5.91 Å². The van der Waals surface area contributed by atoms with Gasteiger partial charge in [0, 0.05) is 25.6 Å². The van der Waals surface area contributed by atoms with E-state index in [1.54, 1.807) is 4.90 Å². The highest BCUT2D eigenvalue weighted by molar-refractivity contribution is 5.93. The van der Waals surface area contributed by atoms with E-state index >= 15 is 0 Å². The van der Waals surface area contributed by atoms with E-state index in [9.17, 15) is 13.6 Å². The van der Waals surface area contributed by atoms with E-state index in [1.165, 1.54) is 0 Å². The number of hydrogen-bond acceptors (Lipinski definition) is 3. The lowest BCUT2D eigenvalue weighted by molar-refractivity contribution is 0.0708. The molecule has 2 saturated heterocycles. The zero-order chi connectivity index (χ0) is 16.7. The van der Waals surface area contributed by atoms with E-state index in [4.69, 9.17) is 0 Å². The predicted octanol–water partition coefficient (Wildman–Crippen LogP) is 2.38. The molecule has 0 unspecified atom stereocenters. The lowest BCUT2D eigenvalue weighted by atomic mass is 9.89. The molecule has 1 amide bonds. The molecule has 2 aromatic rings. The Balaban J connectivity index is 1.66. The van der Waals surface area contributed by atoms with Crippen LogP contribution in [0.5, 0.6) is 0 Å². The van der Waals surface area contributed by atoms with Crippen molar-refractivity contribution in [2.45, 2.75) is 12.5 Å². The molecule has 126 valence electrons. The zero-order valence-corrected chi connectivity index (χ0v) is 13.0. The van der Waals surface area contributed by atoms with Gasteiger partial charge in [-0.3, -0.25) is 9.89 Å². The molecule has 1 aromatic carbocycles. The molecule has 0 aliphatic carbocycles. The first kappa shape index (κ1) is 15.3. The number of nitrogens with zero attached hydrogens (tertiary/aromatic N) is 2. The molecular formula is C17H18F2N4O. The second-order valence-corrected chi connectivity index (χ2v) is 6.40. The molecule has 3 atom stereocenters. The second-order valence-electron chi connectivity index (χ2n) is 6.40. The van der Waals surface area contributed by atoms with Crippen molar-refractivity contribution < 1.29 is 13.6 Å². The smallest absolute Gasteiger partial charge is 0.279 e. The highest BCUT2D eigenvalue weighted by Gasteiger charge is 2.47. The van der Waals surface area contributed by atoms with Crippen LogP contribution in [0.3, 0.4) is 0 Å². The highest BCUT2D eigenvalue weighted by Crippen LogP contribution is 2.43. The molecule has 24 heavy (non-hydrogen) atoms. The van der Waals surface area contributed by atoms with Crippen molar-refractivity contribution in [2.75, 3.05) is 19.6 Å². The Labute approximate surface area is 138 Å². The largest absolute Gasteiger partial charge is 0.330 e. The lowest BCUT2D eigenvalue weighted by Gasteiger charge is -2.27. The Morgan fingerprint density at radius 3 is 2.75 bits per heavy atom. The van der Waals surface area contributed by atoms with E-state index in [-0.39, 0.29) is 23.3 Å².